The van der Waals surface area contributed by atoms with Gasteiger partial charge in [0.15, 0.2) is 5.78 Å². The summed E-state index contributed by atoms with van der Waals surface area (Å²) in [6.07, 6.45) is 0.731. The van der Waals surface area contributed by atoms with Crippen LogP contribution in [0, 0.1) is 6.92 Å². The van der Waals surface area contributed by atoms with Gasteiger partial charge < -0.3 is 14.8 Å². The molecule has 1 N–H and O–H groups in total. The van der Waals surface area contributed by atoms with E-state index in [2.05, 4.69) is 5.32 Å². The predicted molar refractivity (Wildman–Crippen MR) is 71.8 cm³/mol. The van der Waals surface area contributed by atoms with Gasteiger partial charge in [0.25, 0.3) is 0 Å². The van der Waals surface area contributed by atoms with E-state index in [0.29, 0.717) is 17.1 Å². The number of aryl methyl sites for hydroxylation is 1. The number of carbonyl (C=O) groups is 1. The lowest BCUT2D eigenvalue weighted by Crippen LogP contribution is -2.33. The molecule has 0 amide bonds. The Morgan fingerprint density at radius 2 is 1.89 bits per heavy atom. The normalized spacial score (nSPS) is 12.1. The van der Waals surface area contributed by atoms with Crippen LogP contribution in [0.3, 0.4) is 0 Å². The molecule has 4 nitrogen and oxygen atoms in total. The van der Waals surface area contributed by atoms with Crippen LogP contribution in [0.4, 0.5) is 0 Å². The Balaban J connectivity index is 3.25. The van der Waals surface area contributed by atoms with E-state index >= 15 is 0 Å². The number of hydrogen-bond acceptors (Lipinski definition) is 4. The molecular formula is C14H21NO3. The van der Waals surface area contributed by atoms with Crippen molar-refractivity contribution < 1.29 is 14.3 Å². The van der Waals surface area contributed by atoms with Crippen molar-refractivity contribution in [1.82, 2.24) is 5.32 Å². The highest BCUT2D eigenvalue weighted by atomic mass is 16.5. The number of methoxy groups -OCH3 is 2. The second-order valence-corrected chi connectivity index (χ2v) is 4.14. The van der Waals surface area contributed by atoms with Crippen molar-refractivity contribution in [2.75, 3.05) is 21.3 Å². The van der Waals surface area contributed by atoms with E-state index in [4.69, 9.17) is 9.47 Å². The molecule has 1 atom stereocenters. The molecule has 0 bridgehead atoms. The number of hydrogen-bond donors (Lipinski definition) is 1. The minimum Gasteiger partial charge on any atom is -0.496 e. The zero-order valence-electron chi connectivity index (χ0n) is 11.7. The topological polar surface area (TPSA) is 47.6 Å². The average molecular weight is 251 g/mol. The lowest BCUT2D eigenvalue weighted by molar-refractivity contribution is 0.0941. The Hall–Kier alpha value is -1.55. The minimum atomic E-state index is -0.202. The fourth-order valence-corrected chi connectivity index (χ4v) is 1.95. The fourth-order valence-electron chi connectivity index (χ4n) is 1.95. The number of ketones is 1. The third-order valence-corrected chi connectivity index (χ3v) is 3.06. The number of likely N-dealkylation sites (N-methyl/N-ethyl adjacent to an activating group) is 1. The Bertz CT molecular complexity index is 425. The number of ether oxygens (including phenoxy) is 2. The van der Waals surface area contributed by atoms with Crippen molar-refractivity contribution in [1.29, 1.82) is 0 Å². The van der Waals surface area contributed by atoms with E-state index in [9.17, 15) is 4.79 Å². The maximum atomic E-state index is 12.4. The first kappa shape index (κ1) is 14.5. The third-order valence-electron chi connectivity index (χ3n) is 3.06. The molecule has 1 rings (SSSR count). The minimum absolute atomic E-state index is 0.0233. The molecule has 0 aliphatic rings. The van der Waals surface area contributed by atoms with Gasteiger partial charge in [-0.25, -0.2) is 0 Å². The molecule has 4 heteroatoms. The molecule has 0 fully saturated rings. The van der Waals surface area contributed by atoms with Gasteiger partial charge in [-0.2, -0.15) is 0 Å². The van der Waals surface area contributed by atoms with Gasteiger partial charge in [0.05, 0.1) is 25.8 Å². The first-order valence-corrected chi connectivity index (χ1v) is 6.03. The van der Waals surface area contributed by atoms with E-state index in [1.807, 2.05) is 19.9 Å². The summed E-state index contributed by atoms with van der Waals surface area (Å²) in [7, 11) is 4.95. The Labute approximate surface area is 108 Å². The zero-order valence-corrected chi connectivity index (χ0v) is 11.7. The lowest BCUT2D eigenvalue weighted by Gasteiger charge is -2.16. The summed E-state index contributed by atoms with van der Waals surface area (Å²) < 4.78 is 10.5. The highest BCUT2D eigenvalue weighted by molar-refractivity contribution is 6.02. The maximum absolute atomic E-state index is 12.4. The quantitative estimate of drug-likeness (QED) is 0.787. The van der Waals surface area contributed by atoms with Gasteiger partial charge in [0, 0.05) is 0 Å². The molecule has 0 saturated heterocycles. The van der Waals surface area contributed by atoms with Crippen molar-refractivity contribution in [2.24, 2.45) is 0 Å². The highest BCUT2D eigenvalue weighted by Crippen LogP contribution is 2.29. The maximum Gasteiger partial charge on any atom is 0.183 e. The van der Waals surface area contributed by atoms with Crippen molar-refractivity contribution in [2.45, 2.75) is 26.3 Å². The van der Waals surface area contributed by atoms with Gasteiger partial charge in [-0.15, -0.1) is 0 Å². The first-order valence-electron chi connectivity index (χ1n) is 6.03. The number of nitrogens with one attached hydrogen (secondary N) is 1. The Morgan fingerprint density at radius 3 is 2.33 bits per heavy atom. The van der Waals surface area contributed by atoms with E-state index in [1.165, 1.54) is 0 Å². The molecule has 0 aliphatic heterocycles. The van der Waals surface area contributed by atoms with E-state index in [-0.39, 0.29) is 11.8 Å². The van der Waals surface area contributed by atoms with Crippen LogP contribution in [0.2, 0.25) is 0 Å². The SMILES string of the molecule is CCC(NC)C(=O)c1cc(OC)c(C)cc1OC. The van der Waals surface area contributed by atoms with E-state index < -0.39 is 0 Å². The molecule has 0 radical (unpaired) electrons. The third kappa shape index (κ3) is 2.82. The van der Waals surface area contributed by atoms with Crippen molar-refractivity contribution in [3.63, 3.8) is 0 Å². The van der Waals surface area contributed by atoms with Crippen LogP contribution in [0.15, 0.2) is 12.1 Å². The summed E-state index contributed by atoms with van der Waals surface area (Å²) in [5.41, 5.74) is 1.50. The number of carbonyl (C=O) groups excluding carboxylic acids is 1. The molecule has 1 unspecified atom stereocenters. The van der Waals surface area contributed by atoms with Gasteiger partial charge >= 0.3 is 0 Å². The number of Topliss-reactive ketones (excluding diaryl/α,β-unsaturated/α-hetero) is 1. The summed E-state index contributed by atoms with van der Waals surface area (Å²) in [5, 5.41) is 3.01. The van der Waals surface area contributed by atoms with Gasteiger partial charge in [-0.05, 0) is 38.1 Å². The molecule has 0 aliphatic carbocycles. The van der Waals surface area contributed by atoms with E-state index in [1.54, 1.807) is 27.3 Å². The van der Waals surface area contributed by atoms with Crippen LogP contribution in [0.25, 0.3) is 0 Å². The van der Waals surface area contributed by atoms with Crippen LogP contribution in [-0.2, 0) is 0 Å². The zero-order chi connectivity index (χ0) is 13.7. The van der Waals surface area contributed by atoms with Crippen molar-refractivity contribution in [3.8, 4) is 11.5 Å². The Morgan fingerprint density at radius 1 is 1.28 bits per heavy atom. The first-order chi connectivity index (χ1) is 8.58. The smallest absolute Gasteiger partial charge is 0.183 e. The van der Waals surface area contributed by atoms with Crippen molar-refractivity contribution in [3.05, 3.63) is 23.3 Å². The van der Waals surface area contributed by atoms with Crippen LogP contribution >= 0.6 is 0 Å². The standard InChI is InChI=1S/C14H21NO3/c1-6-11(15-3)14(16)10-8-12(17-4)9(2)7-13(10)18-5/h7-8,11,15H,6H2,1-5H3. The van der Waals surface area contributed by atoms with Crippen LogP contribution in [0.5, 0.6) is 11.5 Å². The second-order valence-electron chi connectivity index (χ2n) is 4.14. The number of rotatable bonds is 6. The van der Waals surface area contributed by atoms with Gasteiger partial charge in [0.1, 0.15) is 11.5 Å². The molecule has 1 aromatic rings. The van der Waals surface area contributed by atoms with E-state index in [0.717, 1.165) is 12.0 Å². The number of benzene rings is 1. The van der Waals surface area contributed by atoms with Crippen molar-refractivity contribution >= 4 is 5.78 Å². The molecule has 18 heavy (non-hydrogen) atoms. The summed E-state index contributed by atoms with van der Waals surface area (Å²) in [5.74, 6) is 1.31. The van der Waals surface area contributed by atoms with Gasteiger partial charge in [-0.3, -0.25) is 4.79 Å². The summed E-state index contributed by atoms with van der Waals surface area (Å²) in [6, 6.07) is 3.37. The highest BCUT2D eigenvalue weighted by Gasteiger charge is 2.21. The molecule has 0 spiro atoms. The summed E-state index contributed by atoms with van der Waals surface area (Å²) in [6.45, 7) is 3.89. The largest absolute Gasteiger partial charge is 0.496 e. The summed E-state index contributed by atoms with van der Waals surface area (Å²) >= 11 is 0. The molecule has 0 heterocycles. The fraction of sp³-hybridized carbons (Fsp3) is 0.500. The summed E-state index contributed by atoms with van der Waals surface area (Å²) in [4.78, 5) is 12.4. The average Bonchev–Trinajstić information content (AvgIpc) is 2.39. The van der Waals surface area contributed by atoms with Crippen LogP contribution < -0.4 is 14.8 Å². The molecule has 100 valence electrons. The molecule has 1 aromatic carbocycles. The van der Waals surface area contributed by atoms with Gasteiger partial charge in [0.2, 0.25) is 0 Å². The molecular weight excluding hydrogens is 230 g/mol. The monoisotopic (exact) mass is 251 g/mol. The lowest BCUT2D eigenvalue weighted by atomic mass is 9.99. The second kappa shape index (κ2) is 6.40. The molecule has 0 aromatic heterocycles. The van der Waals surface area contributed by atoms with Crippen LogP contribution in [0.1, 0.15) is 29.3 Å². The Kier molecular flexibility index (Phi) is 5.16. The predicted octanol–water partition coefficient (Wildman–Crippen LogP) is 2.19. The molecule has 0 saturated carbocycles. The van der Waals surface area contributed by atoms with Crippen LogP contribution in [-0.4, -0.2) is 33.1 Å². The van der Waals surface area contributed by atoms with Gasteiger partial charge in [-0.1, -0.05) is 6.92 Å².